The zero-order valence-electron chi connectivity index (χ0n) is 10.9. The lowest BCUT2D eigenvalue weighted by Crippen LogP contribution is -2.12. The first-order valence-corrected chi connectivity index (χ1v) is 6.71. The summed E-state index contributed by atoms with van der Waals surface area (Å²) < 4.78 is 28.9. The molecule has 1 heterocycles. The zero-order valence-corrected chi connectivity index (χ0v) is 11.8. The minimum absolute atomic E-state index is 0.0548. The van der Waals surface area contributed by atoms with E-state index >= 15 is 0 Å². The maximum atomic E-state index is 12.3. The van der Waals surface area contributed by atoms with E-state index in [1.807, 2.05) is 13.8 Å². The van der Waals surface area contributed by atoms with Crippen LogP contribution in [-0.2, 0) is 0 Å². The molecule has 1 aromatic heterocycles. The van der Waals surface area contributed by atoms with Gasteiger partial charge in [0.25, 0.3) is 5.91 Å². The van der Waals surface area contributed by atoms with E-state index in [4.69, 9.17) is 0 Å². The summed E-state index contributed by atoms with van der Waals surface area (Å²) in [5, 5.41) is 2.59. The van der Waals surface area contributed by atoms with E-state index in [2.05, 4.69) is 10.1 Å². The lowest BCUT2D eigenvalue weighted by atomic mass is 10.2. The van der Waals surface area contributed by atoms with Crippen LogP contribution in [0.2, 0.25) is 0 Å². The zero-order chi connectivity index (χ0) is 14.7. The topological polar surface area (TPSA) is 38.3 Å². The van der Waals surface area contributed by atoms with E-state index < -0.39 is 6.61 Å². The summed E-state index contributed by atoms with van der Waals surface area (Å²) in [6.07, 6.45) is 0. The smallest absolute Gasteiger partial charge is 0.387 e. The number of carbonyl (C=O) groups excluding carboxylic acids is 1. The van der Waals surface area contributed by atoms with Crippen LogP contribution < -0.4 is 10.1 Å². The van der Waals surface area contributed by atoms with Crippen molar-refractivity contribution in [1.29, 1.82) is 0 Å². The summed E-state index contributed by atoms with van der Waals surface area (Å²) >= 11 is 1.36. The Kier molecular flexibility index (Phi) is 4.34. The number of hydrogen-bond acceptors (Lipinski definition) is 3. The van der Waals surface area contributed by atoms with Gasteiger partial charge in [-0.15, -0.1) is 11.3 Å². The average molecular weight is 297 g/mol. The van der Waals surface area contributed by atoms with Crippen molar-refractivity contribution in [2.24, 2.45) is 0 Å². The molecule has 1 N–H and O–H groups in total. The van der Waals surface area contributed by atoms with Crippen molar-refractivity contribution in [2.75, 3.05) is 5.32 Å². The van der Waals surface area contributed by atoms with Crippen LogP contribution in [0.3, 0.4) is 0 Å². The highest BCUT2D eigenvalue weighted by molar-refractivity contribution is 7.14. The minimum Gasteiger partial charge on any atom is -0.433 e. The van der Waals surface area contributed by atoms with Crippen molar-refractivity contribution in [1.82, 2.24) is 0 Å². The highest BCUT2D eigenvalue weighted by Crippen LogP contribution is 2.27. The molecule has 3 nitrogen and oxygen atoms in total. The summed E-state index contributed by atoms with van der Waals surface area (Å²) in [4.78, 5) is 13.7. The van der Waals surface area contributed by atoms with Gasteiger partial charge in [-0.05, 0) is 37.6 Å². The quantitative estimate of drug-likeness (QED) is 0.917. The van der Waals surface area contributed by atoms with Crippen molar-refractivity contribution in [2.45, 2.75) is 20.5 Å². The molecule has 106 valence electrons. The van der Waals surface area contributed by atoms with Crippen molar-refractivity contribution in [3.8, 4) is 5.75 Å². The molecule has 0 fully saturated rings. The maximum Gasteiger partial charge on any atom is 0.387 e. The summed E-state index contributed by atoms with van der Waals surface area (Å²) in [5.41, 5.74) is 1.25. The highest BCUT2D eigenvalue weighted by atomic mass is 32.1. The Hall–Kier alpha value is -1.95. The van der Waals surface area contributed by atoms with Crippen molar-refractivity contribution in [3.63, 3.8) is 0 Å². The van der Waals surface area contributed by atoms with Gasteiger partial charge in [-0.25, -0.2) is 0 Å². The first-order valence-electron chi connectivity index (χ1n) is 5.89. The number of carbonyl (C=O) groups is 1. The molecule has 0 aliphatic heterocycles. The second-order valence-corrected chi connectivity index (χ2v) is 5.43. The number of thiophene rings is 1. The largest absolute Gasteiger partial charge is 0.433 e. The molecular formula is C14H13F2NO2S. The van der Waals surface area contributed by atoms with Gasteiger partial charge >= 0.3 is 6.61 Å². The number of para-hydroxylation sites is 2. The van der Waals surface area contributed by atoms with Crippen molar-refractivity contribution in [3.05, 3.63) is 45.6 Å². The first-order chi connectivity index (χ1) is 9.47. The van der Waals surface area contributed by atoms with Gasteiger partial charge in [-0.2, -0.15) is 8.78 Å². The van der Waals surface area contributed by atoms with Gasteiger partial charge in [-0.3, -0.25) is 4.79 Å². The fraction of sp³-hybridized carbons (Fsp3) is 0.214. The molecule has 6 heteroatoms. The van der Waals surface area contributed by atoms with E-state index in [9.17, 15) is 13.6 Å². The number of anilines is 1. The predicted octanol–water partition coefficient (Wildman–Crippen LogP) is 4.22. The van der Waals surface area contributed by atoms with Crippen LogP contribution in [0.15, 0.2) is 30.3 Å². The number of ether oxygens (including phenoxy) is 1. The molecule has 0 aliphatic rings. The molecule has 2 aromatic rings. The standard InChI is InChI=1S/C14H13F2NO2S/c1-8-7-12(20-9(8)2)13(18)17-10-5-3-4-6-11(10)19-14(15)16/h3-7,14H,1-2H3,(H,17,18). The van der Waals surface area contributed by atoms with Crippen LogP contribution >= 0.6 is 11.3 Å². The summed E-state index contributed by atoms with van der Waals surface area (Å²) in [7, 11) is 0. The molecule has 0 saturated carbocycles. The second-order valence-electron chi connectivity index (χ2n) is 4.18. The molecule has 0 unspecified atom stereocenters. The third kappa shape index (κ3) is 3.33. The molecule has 0 radical (unpaired) electrons. The number of nitrogens with one attached hydrogen (secondary N) is 1. The summed E-state index contributed by atoms with van der Waals surface area (Å²) in [5.74, 6) is -0.391. The van der Waals surface area contributed by atoms with E-state index in [0.717, 1.165) is 10.4 Å². The van der Waals surface area contributed by atoms with Crippen molar-refractivity contribution < 1.29 is 18.3 Å². The number of rotatable bonds is 4. The fourth-order valence-corrected chi connectivity index (χ4v) is 2.57. The molecule has 1 amide bonds. The molecule has 0 atom stereocenters. The Balaban J connectivity index is 2.19. The average Bonchev–Trinajstić information content (AvgIpc) is 2.71. The van der Waals surface area contributed by atoms with Crippen LogP contribution in [0, 0.1) is 13.8 Å². The Labute approximate surface area is 119 Å². The van der Waals surface area contributed by atoms with Crippen LogP contribution in [0.4, 0.5) is 14.5 Å². The Morgan fingerprint density at radius 1 is 1.30 bits per heavy atom. The maximum absolute atomic E-state index is 12.3. The molecule has 0 aliphatic carbocycles. The SMILES string of the molecule is Cc1cc(C(=O)Nc2ccccc2OC(F)F)sc1C. The highest BCUT2D eigenvalue weighted by Gasteiger charge is 2.14. The molecular weight excluding hydrogens is 284 g/mol. The van der Waals surface area contributed by atoms with E-state index in [0.29, 0.717) is 4.88 Å². The molecule has 0 bridgehead atoms. The van der Waals surface area contributed by atoms with Crippen LogP contribution in [0.25, 0.3) is 0 Å². The minimum atomic E-state index is -2.93. The Morgan fingerprint density at radius 2 is 2.00 bits per heavy atom. The summed E-state index contributed by atoms with van der Waals surface area (Å²) in [6, 6.07) is 7.87. The van der Waals surface area contributed by atoms with E-state index in [-0.39, 0.29) is 17.3 Å². The number of alkyl halides is 2. The van der Waals surface area contributed by atoms with Gasteiger partial charge in [0, 0.05) is 4.88 Å². The molecule has 0 spiro atoms. The number of halogens is 2. The fourth-order valence-electron chi connectivity index (χ4n) is 1.64. The van der Waals surface area contributed by atoms with Crippen LogP contribution in [-0.4, -0.2) is 12.5 Å². The van der Waals surface area contributed by atoms with Gasteiger partial charge in [0.05, 0.1) is 10.6 Å². The van der Waals surface area contributed by atoms with E-state index in [1.54, 1.807) is 18.2 Å². The number of aryl methyl sites for hydroxylation is 2. The first kappa shape index (κ1) is 14.5. The third-order valence-electron chi connectivity index (χ3n) is 2.74. The lowest BCUT2D eigenvalue weighted by molar-refractivity contribution is -0.0493. The van der Waals surface area contributed by atoms with Crippen LogP contribution in [0.5, 0.6) is 5.75 Å². The van der Waals surface area contributed by atoms with Crippen molar-refractivity contribution >= 4 is 22.9 Å². The predicted molar refractivity (Wildman–Crippen MR) is 74.8 cm³/mol. The normalized spacial score (nSPS) is 10.7. The van der Waals surface area contributed by atoms with Gasteiger partial charge in [0.2, 0.25) is 0 Å². The third-order valence-corrected chi connectivity index (χ3v) is 3.89. The molecule has 1 aromatic carbocycles. The Morgan fingerprint density at radius 3 is 2.60 bits per heavy atom. The summed E-state index contributed by atoms with van der Waals surface area (Å²) in [6.45, 7) is 0.903. The van der Waals surface area contributed by atoms with E-state index in [1.165, 1.54) is 23.5 Å². The molecule has 20 heavy (non-hydrogen) atoms. The number of amides is 1. The second kappa shape index (κ2) is 6.00. The number of benzene rings is 1. The van der Waals surface area contributed by atoms with Gasteiger partial charge < -0.3 is 10.1 Å². The van der Waals surface area contributed by atoms with Gasteiger partial charge in [0.1, 0.15) is 5.75 Å². The molecule has 0 saturated heterocycles. The monoisotopic (exact) mass is 297 g/mol. The molecule has 2 rings (SSSR count). The lowest BCUT2D eigenvalue weighted by Gasteiger charge is -2.10. The van der Waals surface area contributed by atoms with Gasteiger partial charge in [0.15, 0.2) is 0 Å². The number of hydrogen-bond donors (Lipinski definition) is 1. The van der Waals surface area contributed by atoms with Crippen LogP contribution in [0.1, 0.15) is 20.1 Å². The Bertz CT molecular complexity index is 606. The van der Waals surface area contributed by atoms with Gasteiger partial charge in [-0.1, -0.05) is 12.1 Å².